The van der Waals surface area contributed by atoms with E-state index in [0.29, 0.717) is 10.8 Å². The van der Waals surface area contributed by atoms with Gasteiger partial charge in [-0.25, -0.2) is 4.98 Å². The standard InChI is InChI=1S/C13H20N4S/c18-13-16-11-6-8-14-7-5-10(11)12(17-13)15-9-3-1-2-4-9/h9,14H,1-8H2,(H2,15,16,17,18). The number of fused-ring (bicyclic) bond motifs is 1. The fraction of sp³-hybridized carbons (Fsp3) is 0.692. The van der Waals surface area contributed by atoms with Crippen molar-refractivity contribution in [2.24, 2.45) is 0 Å². The van der Waals surface area contributed by atoms with Gasteiger partial charge in [0.2, 0.25) is 0 Å². The van der Waals surface area contributed by atoms with E-state index >= 15 is 0 Å². The van der Waals surface area contributed by atoms with E-state index in [1.165, 1.54) is 36.9 Å². The van der Waals surface area contributed by atoms with Crippen molar-refractivity contribution in [1.82, 2.24) is 15.3 Å². The smallest absolute Gasteiger partial charge is 0.198 e. The summed E-state index contributed by atoms with van der Waals surface area (Å²) in [7, 11) is 0. The minimum absolute atomic E-state index is 0.592. The van der Waals surface area contributed by atoms with Gasteiger partial charge in [0, 0.05) is 30.3 Å². The number of anilines is 1. The van der Waals surface area contributed by atoms with E-state index in [1.807, 2.05) is 0 Å². The Morgan fingerprint density at radius 1 is 1.17 bits per heavy atom. The van der Waals surface area contributed by atoms with E-state index in [4.69, 9.17) is 12.2 Å². The molecule has 0 spiro atoms. The quantitative estimate of drug-likeness (QED) is 0.717. The molecule has 1 fully saturated rings. The normalized spacial score (nSPS) is 20.4. The predicted molar refractivity (Wildman–Crippen MR) is 75.6 cm³/mol. The van der Waals surface area contributed by atoms with Crippen molar-refractivity contribution in [2.75, 3.05) is 18.4 Å². The van der Waals surface area contributed by atoms with Crippen LogP contribution in [0.1, 0.15) is 36.9 Å². The van der Waals surface area contributed by atoms with Gasteiger partial charge < -0.3 is 15.6 Å². The van der Waals surface area contributed by atoms with Gasteiger partial charge in [0.05, 0.1) is 0 Å². The first kappa shape index (κ1) is 12.1. The lowest BCUT2D eigenvalue weighted by molar-refractivity contribution is 0.707. The minimum atomic E-state index is 0.592. The average Bonchev–Trinajstić information content (AvgIpc) is 2.73. The van der Waals surface area contributed by atoms with Crippen LogP contribution in [0, 0.1) is 4.77 Å². The molecule has 0 aromatic carbocycles. The maximum absolute atomic E-state index is 5.24. The number of hydrogen-bond acceptors (Lipinski definition) is 4. The van der Waals surface area contributed by atoms with Crippen LogP contribution in [0.3, 0.4) is 0 Å². The molecule has 0 unspecified atom stereocenters. The Hall–Kier alpha value is -0.940. The second-order valence-electron chi connectivity index (χ2n) is 5.22. The molecule has 0 bridgehead atoms. The van der Waals surface area contributed by atoms with Crippen molar-refractivity contribution in [1.29, 1.82) is 0 Å². The highest BCUT2D eigenvalue weighted by Gasteiger charge is 2.19. The number of rotatable bonds is 2. The summed E-state index contributed by atoms with van der Waals surface area (Å²) < 4.78 is 0.608. The summed E-state index contributed by atoms with van der Waals surface area (Å²) in [5.41, 5.74) is 2.60. The average molecular weight is 264 g/mol. The van der Waals surface area contributed by atoms with E-state index < -0.39 is 0 Å². The van der Waals surface area contributed by atoms with Crippen molar-refractivity contribution in [3.63, 3.8) is 0 Å². The topological polar surface area (TPSA) is 52.7 Å². The third-order valence-electron chi connectivity index (χ3n) is 3.92. The van der Waals surface area contributed by atoms with Crippen molar-refractivity contribution in [3.8, 4) is 0 Å². The third kappa shape index (κ3) is 2.57. The van der Waals surface area contributed by atoms with Gasteiger partial charge in [-0.1, -0.05) is 12.8 Å². The molecule has 18 heavy (non-hydrogen) atoms. The van der Waals surface area contributed by atoms with E-state index in [1.54, 1.807) is 0 Å². The number of hydrogen-bond donors (Lipinski definition) is 3. The van der Waals surface area contributed by atoms with Gasteiger partial charge in [-0.15, -0.1) is 0 Å². The first-order valence-corrected chi connectivity index (χ1v) is 7.33. The van der Waals surface area contributed by atoms with Gasteiger partial charge >= 0.3 is 0 Å². The molecule has 98 valence electrons. The lowest BCUT2D eigenvalue weighted by Crippen LogP contribution is -2.19. The fourth-order valence-electron chi connectivity index (χ4n) is 2.96. The molecule has 1 aliphatic carbocycles. The fourth-order valence-corrected chi connectivity index (χ4v) is 3.18. The van der Waals surface area contributed by atoms with Gasteiger partial charge in [-0.05, 0) is 38.0 Å². The molecule has 0 radical (unpaired) electrons. The highest BCUT2D eigenvalue weighted by Crippen LogP contribution is 2.25. The molecule has 2 aliphatic rings. The van der Waals surface area contributed by atoms with Crippen LogP contribution in [0.4, 0.5) is 5.82 Å². The van der Waals surface area contributed by atoms with Crippen LogP contribution in [0.15, 0.2) is 0 Å². The summed E-state index contributed by atoms with van der Waals surface area (Å²) in [4.78, 5) is 7.77. The van der Waals surface area contributed by atoms with Crippen molar-refractivity contribution < 1.29 is 0 Å². The van der Waals surface area contributed by atoms with E-state index in [0.717, 1.165) is 31.7 Å². The Morgan fingerprint density at radius 3 is 2.78 bits per heavy atom. The Balaban J connectivity index is 1.91. The van der Waals surface area contributed by atoms with Gasteiger partial charge in [-0.2, -0.15) is 0 Å². The van der Waals surface area contributed by atoms with Crippen molar-refractivity contribution in [2.45, 2.75) is 44.6 Å². The van der Waals surface area contributed by atoms with Crippen LogP contribution in [-0.2, 0) is 12.8 Å². The van der Waals surface area contributed by atoms with E-state index in [-0.39, 0.29) is 0 Å². The molecule has 3 rings (SSSR count). The largest absolute Gasteiger partial charge is 0.367 e. The molecular formula is C13H20N4S. The second kappa shape index (κ2) is 5.36. The number of aromatic amines is 1. The van der Waals surface area contributed by atoms with Crippen LogP contribution in [0.25, 0.3) is 0 Å². The maximum atomic E-state index is 5.24. The van der Waals surface area contributed by atoms with Gasteiger partial charge in [0.1, 0.15) is 5.82 Å². The van der Waals surface area contributed by atoms with Crippen LogP contribution >= 0.6 is 12.2 Å². The molecule has 0 amide bonds. The second-order valence-corrected chi connectivity index (χ2v) is 5.61. The lowest BCUT2D eigenvalue weighted by atomic mass is 10.1. The molecule has 0 saturated heterocycles. The zero-order valence-electron chi connectivity index (χ0n) is 10.6. The summed E-state index contributed by atoms with van der Waals surface area (Å²) in [5, 5.41) is 7.04. The van der Waals surface area contributed by atoms with Crippen LogP contribution in [-0.4, -0.2) is 29.1 Å². The summed E-state index contributed by atoms with van der Waals surface area (Å²) in [6, 6.07) is 0.592. The Bertz CT molecular complexity index is 476. The molecular weight excluding hydrogens is 244 g/mol. The number of nitrogens with one attached hydrogen (secondary N) is 3. The number of aromatic nitrogens is 2. The highest BCUT2D eigenvalue weighted by molar-refractivity contribution is 7.71. The monoisotopic (exact) mass is 264 g/mol. The van der Waals surface area contributed by atoms with Gasteiger partial charge in [0.15, 0.2) is 4.77 Å². The number of H-pyrrole nitrogens is 1. The van der Waals surface area contributed by atoms with Crippen LogP contribution in [0.2, 0.25) is 0 Å². The van der Waals surface area contributed by atoms with Crippen LogP contribution in [0.5, 0.6) is 0 Å². The zero-order chi connectivity index (χ0) is 12.4. The van der Waals surface area contributed by atoms with Crippen molar-refractivity contribution in [3.05, 3.63) is 16.0 Å². The maximum Gasteiger partial charge on any atom is 0.198 e. The minimum Gasteiger partial charge on any atom is -0.367 e. The third-order valence-corrected chi connectivity index (χ3v) is 4.11. The first-order valence-electron chi connectivity index (χ1n) is 6.92. The molecule has 3 N–H and O–H groups in total. The predicted octanol–water partition coefficient (Wildman–Crippen LogP) is 2.18. The van der Waals surface area contributed by atoms with Gasteiger partial charge in [0.25, 0.3) is 0 Å². The molecule has 1 aliphatic heterocycles. The molecule has 0 atom stereocenters. The van der Waals surface area contributed by atoms with Crippen molar-refractivity contribution >= 4 is 18.0 Å². The molecule has 1 saturated carbocycles. The number of nitrogens with zero attached hydrogens (tertiary/aromatic N) is 1. The van der Waals surface area contributed by atoms with Gasteiger partial charge in [-0.3, -0.25) is 0 Å². The molecule has 4 nitrogen and oxygen atoms in total. The van der Waals surface area contributed by atoms with Crippen LogP contribution < -0.4 is 10.6 Å². The summed E-state index contributed by atoms with van der Waals surface area (Å²) in [6.45, 7) is 2.05. The Kier molecular flexibility index (Phi) is 3.61. The summed E-state index contributed by atoms with van der Waals surface area (Å²) >= 11 is 5.24. The first-order chi connectivity index (χ1) is 8.83. The summed E-state index contributed by atoms with van der Waals surface area (Å²) in [6.07, 6.45) is 7.24. The summed E-state index contributed by atoms with van der Waals surface area (Å²) in [5.74, 6) is 1.03. The molecule has 1 aromatic rings. The van der Waals surface area contributed by atoms with E-state index in [2.05, 4.69) is 20.6 Å². The zero-order valence-corrected chi connectivity index (χ0v) is 11.4. The Morgan fingerprint density at radius 2 is 1.94 bits per heavy atom. The molecule has 1 aromatic heterocycles. The highest BCUT2D eigenvalue weighted by atomic mass is 32.1. The lowest BCUT2D eigenvalue weighted by Gasteiger charge is -2.17. The molecule has 5 heteroatoms. The Labute approximate surface area is 113 Å². The molecule has 2 heterocycles. The SMILES string of the molecule is S=c1nc(NC2CCCC2)c2c([nH]1)CCNCC2. The van der Waals surface area contributed by atoms with E-state index in [9.17, 15) is 0 Å².